The lowest BCUT2D eigenvalue weighted by molar-refractivity contribution is -0.354. The summed E-state index contributed by atoms with van der Waals surface area (Å²) >= 11 is 0.516. The van der Waals surface area contributed by atoms with Gasteiger partial charge >= 0.3 is 41.8 Å². The lowest BCUT2D eigenvalue weighted by atomic mass is 9.96. The van der Waals surface area contributed by atoms with Gasteiger partial charge < -0.3 is 53.1 Å². The van der Waals surface area contributed by atoms with Crippen LogP contribution in [0.15, 0.2) is 0 Å². The Bertz CT molecular complexity index is 1240. The van der Waals surface area contributed by atoms with E-state index in [-0.39, 0.29) is 5.75 Å². The molecule has 2 rings (SSSR count). The topological polar surface area (TPSA) is 264 Å². The van der Waals surface area contributed by atoms with Gasteiger partial charge in [0.1, 0.15) is 31.5 Å². The first-order valence-electron chi connectivity index (χ1n) is 14.5. The molecule has 0 aliphatic carbocycles. The Labute approximate surface area is 284 Å². The third-order valence-corrected chi connectivity index (χ3v) is 6.98. The second-order valence-electron chi connectivity index (χ2n) is 10.5. The number of carbonyl (C=O) groups excluding carboxylic acids is 8. The molecule has 0 saturated carbocycles. The van der Waals surface area contributed by atoms with Gasteiger partial charge in [0.2, 0.25) is 12.2 Å². The summed E-state index contributed by atoms with van der Waals surface area (Å²) in [5, 5.41) is 0. The fourth-order valence-corrected chi connectivity index (χ4v) is 5.18. The molecule has 0 bridgehead atoms. The number of carbonyl (C=O) groups is 8. The van der Waals surface area contributed by atoms with Crippen molar-refractivity contribution in [1.29, 1.82) is 0 Å². The highest BCUT2D eigenvalue weighted by Gasteiger charge is 2.57. The number of primary amides is 1. The third-order valence-electron chi connectivity index (χ3n) is 6.25. The predicted molar refractivity (Wildman–Crippen MR) is 156 cm³/mol. The minimum absolute atomic E-state index is 0.371. The van der Waals surface area contributed by atoms with E-state index in [2.05, 4.69) is 0 Å². The Hall–Kier alpha value is -4.05. The van der Waals surface area contributed by atoms with Crippen LogP contribution in [0, 0.1) is 0 Å². The molecule has 49 heavy (non-hydrogen) atoms. The quantitative estimate of drug-likeness (QED) is 0.117. The molecular weight excluding hydrogens is 686 g/mol. The van der Waals surface area contributed by atoms with Crippen LogP contribution in [-0.4, -0.2) is 128 Å². The van der Waals surface area contributed by atoms with Crippen LogP contribution >= 0.6 is 12.0 Å². The summed E-state index contributed by atoms with van der Waals surface area (Å²) in [5.41, 5.74) is 5.18. The van der Waals surface area contributed by atoms with Crippen LogP contribution in [0.25, 0.3) is 0 Å². The fraction of sp³-hybridized carbons (Fsp3) is 0.714. The Balaban J connectivity index is 2.71. The normalized spacial score (nSPS) is 29.4. The minimum Gasteiger partial charge on any atom is -0.463 e. The van der Waals surface area contributed by atoms with Crippen molar-refractivity contribution in [2.45, 2.75) is 110 Å². The number of amides is 1. The third kappa shape index (κ3) is 13.4. The molecule has 1 unspecified atom stereocenters. The molecule has 20 nitrogen and oxygen atoms in total. The Kier molecular flexibility index (Phi) is 16.1. The van der Waals surface area contributed by atoms with E-state index in [1.165, 1.54) is 0 Å². The SMILES string of the molecule is CC(=O)OC[C@H]1O[C@@H](OSCC(N)=O)[C@H](OC(C)=O)[C@@H](OC(C)=O)C1O[C@H]1O[C@H](COC(C)=O)[C@@H](OC(C)=O)[C@H](OC(C)=O)[C@H]1OC(C)=O. The maximum atomic E-state index is 12.4. The molecule has 0 aromatic rings. The Morgan fingerprint density at radius 3 is 1.31 bits per heavy atom. The van der Waals surface area contributed by atoms with Crippen molar-refractivity contribution >= 4 is 59.7 Å². The number of hydrogen-bond donors (Lipinski definition) is 1. The highest BCUT2D eigenvalue weighted by Crippen LogP contribution is 2.36. The van der Waals surface area contributed by atoms with E-state index in [1.54, 1.807) is 0 Å². The molecule has 0 radical (unpaired) electrons. The average Bonchev–Trinajstić information content (AvgIpc) is 2.95. The van der Waals surface area contributed by atoms with E-state index in [0.717, 1.165) is 48.5 Å². The first-order chi connectivity index (χ1) is 22.9. The second-order valence-corrected chi connectivity index (χ2v) is 11.2. The summed E-state index contributed by atoms with van der Waals surface area (Å²) in [4.78, 5) is 96.1. The van der Waals surface area contributed by atoms with Crippen LogP contribution in [0.1, 0.15) is 48.5 Å². The van der Waals surface area contributed by atoms with Crippen LogP contribution in [-0.2, 0) is 89.9 Å². The van der Waals surface area contributed by atoms with E-state index in [0.29, 0.717) is 12.0 Å². The molecule has 276 valence electrons. The molecule has 1 amide bonds. The molecule has 2 aliphatic rings. The molecule has 2 saturated heterocycles. The smallest absolute Gasteiger partial charge is 0.303 e. The van der Waals surface area contributed by atoms with E-state index >= 15 is 0 Å². The lowest BCUT2D eigenvalue weighted by Crippen LogP contribution is -2.67. The van der Waals surface area contributed by atoms with Gasteiger partial charge in [0.15, 0.2) is 36.8 Å². The summed E-state index contributed by atoms with van der Waals surface area (Å²) in [5.74, 6) is -7.24. The van der Waals surface area contributed by atoms with E-state index < -0.39 is 122 Å². The summed E-state index contributed by atoms with van der Waals surface area (Å²) in [6.07, 6.45) is -16.1. The standard InChI is InChI=1S/C28H39NO19S/c1-11(30)38-8-18-21(40-13(3)32)23(41-14(4)33)25(43-16(6)35)27(45-18)47-22-19(9-39-12(2)31)46-28(48-49-10-20(29)37)26(44-17(7)36)24(22)42-15(5)34/h18-19,21-28H,8-10H2,1-7H3,(H2,29,37)/t18-,19-,21-,22?,23+,24+,25-,26-,27-,28+/m1/s1. The molecule has 2 fully saturated rings. The number of hydrogen-bond acceptors (Lipinski definition) is 20. The van der Waals surface area contributed by atoms with Crippen molar-refractivity contribution in [1.82, 2.24) is 0 Å². The summed E-state index contributed by atoms with van der Waals surface area (Å²) < 4.78 is 61.0. The first kappa shape index (κ1) is 41.1. The maximum Gasteiger partial charge on any atom is 0.303 e. The zero-order chi connectivity index (χ0) is 37.0. The van der Waals surface area contributed by atoms with Crippen LogP contribution < -0.4 is 5.73 Å². The number of rotatable bonds is 15. The monoisotopic (exact) mass is 725 g/mol. The largest absolute Gasteiger partial charge is 0.463 e. The van der Waals surface area contributed by atoms with Crippen molar-refractivity contribution in [3.63, 3.8) is 0 Å². The Morgan fingerprint density at radius 1 is 0.510 bits per heavy atom. The fourth-order valence-electron chi connectivity index (χ4n) is 4.71. The van der Waals surface area contributed by atoms with Gasteiger partial charge in [-0.15, -0.1) is 0 Å². The number of esters is 7. The van der Waals surface area contributed by atoms with Gasteiger partial charge in [-0.2, -0.15) is 0 Å². The van der Waals surface area contributed by atoms with E-state index in [9.17, 15) is 38.4 Å². The Morgan fingerprint density at radius 2 is 0.878 bits per heavy atom. The minimum atomic E-state index is -1.83. The second kappa shape index (κ2) is 19.2. The van der Waals surface area contributed by atoms with Gasteiger partial charge in [0.25, 0.3) is 0 Å². The van der Waals surface area contributed by atoms with Crippen molar-refractivity contribution in [2.24, 2.45) is 5.73 Å². The molecule has 0 aromatic heterocycles. The van der Waals surface area contributed by atoms with Crippen LogP contribution in [0.3, 0.4) is 0 Å². The van der Waals surface area contributed by atoms with E-state index in [1.807, 2.05) is 0 Å². The van der Waals surface area contributed by atoms with Gasteiger partial charge in [0, 0.05) is 60.5 Å². The number of nitrogens with two attached hydrogens (primary N) is 1. The van der Waals surface area contributed by atoms with Crippen molar-refractivity contribution < 1.29 is 89.9 Å². The zero-order valence-corrected chi connectivity index (χ0v) is 28.5. The van der Waals surface area contributed by atoms with Gasteiger partial charge in [-0.3, -0.25) is 42.5 Å². The summed E-state index contributed by atoms with van der Waals surface area (Å²) in [6, 6.07) is 0. The van der Waals surface area contributed by atoms with Crippen LogP contribution in [0.2, 0.25) is 0 Å². The molecule has 2 aliphatic heterocycles. The van der Waals surface area contributed by atoms with Gasteiger partial charge in [-0.05, 0) is 0 Å². The van der Waals surface area contributed by atoms with E-state index in [4.69, 9.17) is 57.3 Å². The van der Waals surface area contributed by atoms with Gasteiger partial charge in [-0.1, -0.05) is 0 Å². The molecule has 21 heteroatoms. The molecular formula is C28H39NO19S. The zero-order valence-electron chi connectivity index (χ0n) is 27.6. The predicted octanol–water partition coefficient (Wildman–Crippen LogP) is -1.24. The highest BCUT2D eigenvalue weighted by molar-refractivity contribution is 7.95. The van der Waals surface area contributed by atoms with Crippen LogP contribution in [0.4, 0.5) is 0 Å². The highest BCUT2D eigenvalue weighted by atomic mass is 32.2. The van der Waals surface area contributed by atoms with Crippen LogP contribution in [0.5, 0.6) is 0 Å². The first-order valence-corrected chi connectivity index (χ1v) is 15.5. The molecule has 10 atom stereocenters. The van der Waals surface area contributed by atoms with Crippen molar-refractivity contribution in [3.8, 4) is 0 Å². The summed E-state index contributed by atoms with van der Waals surface area (Å²) in [6.45, 7) is 6.08. The van der Waals surface area contributed by atoms with Gasteiger partial charge in [-0.25, -0.2) is 0 Å². The molecule has 0 spiro atoms. The summed E-state index contributed by atoms with van der Waals surface area (Å²) in [7, 11) is 0. The van der Waals surface area contributed by atoms with Crippen molar-refractivity contribution in [3.05, 3.63) is 0 Å². The molecule has 0 aromatic carbocycles. The number of ether oxygens (including phenoxy) is 10. The molecule has 2 N–H and O–H groups in total. The van der Waals surface area contributed by atoms with Gasteiger partial charge in [0.05, 0.1) is 5.75 Å². The van der Waals surface area contributed by atoms with Crippen molar-refractivity contribution in [2.75, 3.05) is 19.0 Å². The maximum absolute atomic E-state index is 12.4. The molecule has 2 heterocycles. The lowest BCUT2D eigenvalue weighted by Gasteiger charge is -2.48. The average molecular weight is 726 g/mol.